The second-order valence-electron chi connectivity index (χ2n) is 26.8. The van der Waals surface area contributed by atoms with Gasteiger partial charge in [-0.25, -0.2) is 9.13 Å². The molecule has 17 nitrogen and oxygen atoms in total. The van der Waals surface area contributed by atoms with Crippen LogP contribution in [0.3, 0.4) is 0 Å². The number of unbranched alkanes of at least 4 members (excludes halogenated alkanes) is 36. The first-order valence-corrected chi connectivity index (χ1v) is 39.9. The second kappa shape index (κ2) is 61.9. The molecule has 0 bridgehead atoms. The van der Waals surface area contributed by atoms with Crippen molar-refractivity contribution in [1.29, 1.82) is 0 Å². The van der Waals surface area contributed by atoms with Crippen LogP contribution in [0.4, 0.5) is 0 Å². The minimum Gasteiger partial charge on any atom is -0.462 e. The van der Waals surface area contributed by atoms with Crippen LogP contribution in [0, 0.1) is 17.8 Å². The van der Waals surface area contributed by atoms with Crippen molar-refractivity contribution in [3.05, 3.63) is 0 Å². The molecule has 19 heteroatoms. The quantitative estimate of drug-likeness (QED) is 0.0222. The van der Waals surface area contributed by atoms with Gasteiger partial charge in [0, 0.05) is 25.7 Å². The molecule has 0 spiro atoms. The monoisotopic (exact) mass is 1320 g/mol. The SMILES string of the molecule is CCCCCCCC(=O)OC[C@H](COP(=O)(O)OC[C@H](O)COP(=O)(O)OC[C@@H](COC(=O)CCCCCCCCCCCCCCC(C)C)OC(=O)CCCCCCCCCCCCCCCCC(C)CC)OC(=O)CCCCCCCCCCCC(C)C. The molecule has 0 aliphatic heterocycles. The molecule has 0 amide bonds. The smallest absolute Gasteiger partial charge is 0.462 e. The van der Waals surface area contributed by atoms with E-state index in [9.17, 15) is 43.2 Å². The predicted molar refractivity (Wildman–Crippen MR) is 363 cm³/mol. The molecule has 0 aliphatic carbocycles. The number of esters is 4. The lowest BCUT2D eigenvalue weighted by Gasteiger charge is -2.21. The van der Waals surface area contributed by atoms with Gasteiger partial charge < -0.3 is 33.8 Å². The number of ether oxygens (including phenoxy) is 4. The van der Waals surface area contributed by atoms with Gasteiger partial charge >= 0.3 is 39.5 Å². The van der Waals surface area contributed by atoms with E-state index in [1.807, 2.05) is 0 Å². The van der Waals surface area contributed by atoms with E-state index in [2.05, 4.69) is 48.5 Å². The molecule has 6 atom stereocenters. The van der Waals surface area contributed by atoms with E-state index in [1.54, 1.807) is 0 Å². The van der Waals surface area contributed by atoms with Crippen molar-refractivity contribution < 1.29 is 80.2 Å². The number of hydrogen-bond acceptors (Lipinski definition) is 15. The molecule has 0 fully saturated rings. The molecule has 0 saturated carbocycles. The largest absolute Gasteiger partial charge is 0.472 e. The van der Waals surface area contributed by atoms with Crippen molar-refractivity contribution in [2.45, 2.75) is 375 Å². The van der Waals surface area contributed by atoms with Crippen LogP contribution in [0.25, 0.3) is 0 Å². The van der Waals surface area contributed by atoms with Gasteiger partial charge in [0.1, 0.15) is 19.3 Å². The van der Waals surface area contributed by atoms with Gasteiger partial charge in [-0.05, 0) is 43.4 Å². The van der Waals surface area contributed by atoms with Crippen LogP contribution in [-0.4, -0.2) is 96.7 Å². The first-order chi connectivity index (χ1) is 43.3. The molecule has 534 valence electrons. The summed E-state index contributed by atoms with van der Waals surface area (Å²) in [6.07, 6.45) is 46.1. The second-order valence-corrected chi connectivity index (χ2v) is 29.7. The summed E-state index contributed by atoms with van der Waals surface area (Å²) in [6.45, 7) is 11.8. The zero-order valence-corrected chi connectivity index (χ0v) is 60.4. The lowest BCUT2D eigenvalue weighted by Crippen LogP contribution is -2.30. The Labute approximate surface area is 549 Å². The molecule has 0 aromatic carbocycles. The Kier molecular flexibility index (Phi) is 60.6. The molecule has 3 unspecified atom stereocenters. The van der Waals surface area contributed by atoms with Crippen LogP contribution in [-0.2, 0) is 65.4 Å². The van der Waals surface area contributed by atoms with E-state index in [-0.39, 0.29) is 25.7 Å². The molecule has 0 rings (SSSR count). The lowest BCUT2D eigenvalue weighted by atomic mass is 9.99. The summed E-state index contributed by atoms with van der Waals surface area (Å²) in [5.74, 6) is 0.229. The van der Waals surface area contributed by atoms with Gasteiger partial charge in [-0.1, -0.05) is 305 Å². The van der Waals surface area contributed by atoms with Crippen molar-refractivity contribution in [3.8, 4) is 0 Å². The van der Waals surface area contributed by atoms with Gasteiger partial charge in [-0.2, -0.15) is 0 Å². The Balaban J connectivity index is 5.16. The summed E-state index contributed by atoms with van der Waals surface area (Å²) in [4.78, 5) is 72.3. The fourth-order valence-electron chi connectivity index (χ4n) is 10.7. The molecule has 0 aromatic rings. The van der Waals surface area contributed by atoms with Crippen LogP contribution in [0.5, 0.6) is 0 Å². The summed E-state index contributed by atoms with van der Waals surface area (Å²) < 4.78 is 68.1. The minimum absolute atomic E-state index is 0.104. The maximum Gasteiger partial charge on any atom is 0.472 e. The van der Waals surface area contributed by atoms with Crippen LogP contribution in [0.2, 0.25) is 0 Å². The number of aliphatic hydroxyl groups excluding tert-OH is 1. The summed E-state index contributed by atoms with van der Waals surface area (Å²) in [7, 11) is -9.89. The third kappa shape index (κ3) is 63.5. The van der Waals surface area contributed by atoms with Crippen LogP contribution in [0.15, 0.2) is 0 Å². The highest BCUT2D eigenvalue weighted by molar-refractivity contribution is 7.47. The third-order valence-corrected chi connectivity index (χ3v) is 18.6. The number of rotatable bonds is 69. The van der Waals surface area contributed by atoms with Gasteiger partial charge in [0.2, 0.25) is 0 Å². The Morgan fingerprint density at radius 2 is 0.567 bits per heavy atom. The Morgan fingerprint density at radius 1 is 0.322 bits per heavy atom. The van der Waals surface area contributed by atoms with Crippen molar-refractivity contribution in [2.75, 3.05) is 39.6 Å². The number of aliphatic hydroxyl groups is 1. The number of phosphoric ester groups is 2. The third-order valence-electron chi connectivity index (χ3n) is 16.7. The number of phosphoric acid groups is 2. The van der Waals surface area contributed by atoms with E-state index in [1.165, 1.54) is 161 Å². The normalized spacial score (nSPS) is 14.5. The molecular weight excluding hydrogens is 1190 g/mol. The number of carbonyl (C=O) groups is 4. The van der Waals surface area contributed by atoms with Crippen LogP contribution in [0.1, 0.15) is 357 Å². The fourth-order valence-corrected chi connectivity index (χ4v) is 12.3. The molecule has 0 aromatic heterocycles. The van der Waals surface area contributed by atoms with E-state index in [0.717, 1.165) is 114 Å². The summed E-state index contributed by atoms with van der Waals surface area (Å²) in [5.41, 5.74) is 0. The van der Waals surface area contributed by atoms with Crippen molar-refractivity contribution >= 4 is 39.5 Å². The van der Waals surface area contributed by atoms with E-state index >= 15 is 0 Å². The molecule has 0 saturated heterocycles. The fraction of sp³-hybridized carbons (Fsp3) is 0.944. The topological polar surface area (TPSA) is 237 Å². The lowest BCUT2D eigenvalue weighted by molar-refractivity contribution is -0.161. The molecular formula is C71H138O17P2. The van der Waals surface area contributed by atoms with Crippen molar-refractivity contribution in [1.82, 2.24) is 0 Å². The van der Waals surface area contributed by atoms with Gasteiger partial charge in [-0.15, -0.1) is 0 Å². The van der Waals surface area contributed by atoms with E-state index < -0.39 is 97.5 Å². The highest BCUT2D eigenvalue weighted by Gasteiger charge is 2.30. The maximum absolute atomic E-state index is 13.0. The highest BCUT2D eigenvalue weighted by atomic mass is 31.2. The van der Waals surface area contributed by atoms with Gasteiger partial charge in [-0.3, -0.25) is 37.3 Å². The summed E-state index contributed by atoms with van der Waals surface area (Å²) >= 11 is 0. The van der Waals surface area contributed by atoms with E-state index in [4.69, 9.17) is 37.0 Å². The first kappa shape index (κ1) is 88.1. The van der Waals surface area contributed by atoms with Gasteiger partial charge in [0.05, 0.1) is 26.4 Å². The molecule has 90 heavy (non-hydrogen) atoms. The molecule has 0 heterocycles. The van der Waals surface area contributed by atoms with E-state index in [0.29, 0.717) is 25.7 Å². The Bertz CT molecular complexity index is 1770. The summed E-state index contributed by atoms with van der Waals surface area (Å²) in [6, 6.07) is 0. The zero-order valence-electron chi connectivity index (χ0n) is 58.6. The van der Waals surface area contributed by atoms with Crippen molar-refractivity contribution in [3.63, 3.8) is 0 Å². The number of hydrogen-bond donors (Lipinski definition) is 3. The highest BCUT2D eigenvalue weighted by Crippen LogP contribution is 2.45. The zero-order chi connectivity index (χ0) is 66.6. The Hall–Kier alpha value is -1.94. The number of carbonyl (C=O) groups excluding carboxylic acids is 4. The minimum atomic E-state index is -4.95. The maximum atomic E-state index is 13.0. The molecule has 0 radical (unpaired) electrons. The standard InChI is InChI=1S/C71H138O17P2/c1-8-10-11-35-45-52-68(73)81-58-66(87-71(76)55-48-41-34-28-22-24-30-37-43-50-63(5)6)60-85-89(77,78)83-56-65(72)57-84-90(79,80)86-61-67(59-82-69(74)53-46-39-32-26-20-17-16-18-23-29-36-42-49-62(3)4)88-70(75)54-47-40-33-27-21-15-13-12-14-19-25-31-38-44-51-64(7)9-2/h62-67,72H,8-61H2,1-7H3,(H,77,78)(H,79,80)/t64?,65-,66+,67+/m0/s1. The average molecular weight is 1330 g/mol. The van der Waals surface area contributed by atoms with Crippen LogP contribution < -0.4 is 0 Å². The predicted octanol–water partition coefficient (Wildman–Crippen LogP) is 20.2. The average Bonchev–Trinajstić information content (AvgIpc) is 3.14. The summed E-state index contributed by atoms with van der Waals surface area (Å²) in [5, 5.41) is 10.6. The first-order valence-electron chi connectivity index (χ1n) is 36.9. The van der Waals surface area contributed by atoms with Gasteiger partial charge in [0.25, 0.3) is 0 Å². The Morgan fingerprint density at radius 3 is 0.844 bits per heavy atom. The molecule has 0 aliphatic rings. The van der Waals surface area contributed by atoms with Crippen LogP contribution >= 0.6 is 15.6 Å². The van der Waals surface area contributed by atoms with Gasteiger partial charge in [0.15, 0.2) is 12.2 Å². The van der Waals surface area contributed by atoms with Crippen molar-refractivity contribution in [2.24, 2.45) is 17.8 Å². The molecule has 3 N–H and O–H groups in total.